The van der Waals surface area contributed by atoms with Crippen LogP contribution in [-0.2, 0) is 17.6 Å². The molecule has 7 heteroatoms. The van der Waals surface area contributed by atoms with Gasteiger partial charge in [0.25, 0.3) is 5.56 Å². The minimum absolute atomic E-state index is 0.225. The number of carbonyl (C=O) groups is 1. The van der Waals surface area contributed by atoms with Gasteiger partial charge in [0, 0.05) is 10.6 Å². The summed E-state index contributed by atoms with van der Waals surface area (Å²) in [6.45, 7) is 8.50. The molecule has 1 N–H and O–H groups in total. The number of amides is 1. The lowest BCUT2D eigenvalue weighted by molar-refractivity contribution is -0.119. The van der Waals surface area contributed by atoms with Crippen LogP contribution in [0.5, 0.6) is 0 Å². The van der Waals surface area contributed by atoms with Crippen molar-refractivity contribution in [2.75, 3.05) is 5.32 Å². The molecule has 1 aliphatic rings. The highest BCUT2D eigenvalue weighted by Gasteiger charge is 2.32. The number of carbonyl (C=O) groups excluding carboxylic acids is 1. The molecule has 4 rings (SSSR count). The zero-order valence-corrected chi connectivity index (χ0v) is 18.0. The molecule has 0 fully saturated rings. The predicted molar refractivity (Wildman–Crippen MR) is 116 cm³/mol. The second-order valence-corrected chi connectivity index (χ2v) is 9.94. The molecule has 0 radical (unpaired) electrons. The molecule has 2 aromatic heterocycles. The Morgan fingerprint density at radius 3 is 2.69 bits per heavy atom. The molecule has 0 aliphatic heterocycles. The number of thiophene rings is 1. The molecule has 2 heterocycles. The number of nitrogens with zero attached hydrogens (tertiary/aromatic N) is 3. The van der Waals surface area contributed by atoms with Gasteiger partial charge in [-0.2, -0.15) is 4.68 Å². The van der Waals surface area contributed by atoms with Gasteiger partial charge in [-0.3, -0.25) is 9.59 Å². The summed E-state index contributed by atoms with van der Waals surface area (Å²) >= 11 is 1.58. The number of benzene rings is 1. The third-order valence-electron chi connectivity index (χ3n) is 5.91. The minimum Gasteiger partial charge on any atom is -0.324 e. The number of hydrogen-bond donors (Lipinski definition) is 1. The average molecular weight is 411 g/mol. The molecule has 0 bridgehead atoms. The van der Waals surface area contributed by atoms with Gasteiger partial charge < -0.3 is 5.32 Å². The maximum absolute atomic E-state index is 13.2. The van der Waals surface area contributed by atoms with E-state index < -0.39 is 6.04 Å². The summed E-state index contributed by atoms with van der Waals surface area (Å²) in [5.41, 5.74) is 1.81. The number of fused-ring (bicyclic) bond motifs is 3. The van der Waals surface area contributed by atoms with Crippen molar-refractivity contribution in [1.29, 1.82) is 0 Å². The van der Waals surface area contributed by atoms with Crippen LogP contribution in [0, 0.1) is 11.3 Å². The molecular weight excluding hydrogens is 384 g/mol. The van der Waals surface area contributed by atoms with Crippen LogP contribution in [0.15, 0.2) is 35.1 Å². The molecule has 0 saturated heterocycles. The van der Waals surface area contributed by atoms with Crippen LogP contribution < -0.4 is 10.9 Å². The molecule has 0 spiro atoms. The number of para-hydroxylation sites is 1. The lowest BCUT2D eigenvalue weighted by Crippen LogP contribution is -2.34. The van der Waals surface area contributed by atoms with E-state index in [0.29, 0.717) is 21.8 Å². The molecule has 1 amide bonds. The van der Waals surface area contributed by atoms with Gasteiger partial charge in [-0.15, -0.1) is 16.4 Å². The number of rotatable bonds is 3. The molecule has 152 valence electrons. The first kappa shape index (κ1) is 19.8. The van der Waals surface area contributed by atoms with E-state index in [2.05, 4.69) is 36.4 Å². The van der Waals surface area contributed by atoms with Gasteiger partial charge in [0.2, 0.25) is 5.91 Å². The van der Waals surface area contributed by atoms with Gasteiger partial charge in [-0.1, -0.05) is 44.2 Å². The smallest absolute Gasteiger partial charge is 0.279 e. The maximum atomic E-state index is 13.2. The van der Waals surface area contributed by atoms with Gasteiger partial charge in [0.15, 0.2) is 4.83 Å². The first-order valence-electron chi connectivity index (χ1n) is 10.0. The fraction of sp³-hybridized carbons (Fsp3) is 0.455. The van der Waals surface area contributed by atoms with Gasteiger partial charge in [0.05, 0.1) is 5.39 Å². The summed E-state index contributed by atoms with van der Waals surface area (Å²) < 4.78 is 1.21. The summed E-state index contributed by atoms with van der Waals surface area (Å²) in [5.74, 6) is 0.303. The first-order chi connectivity index (χ1) is 13.8. The lowest BCUT2D eigenvalue weighted by Gasteiger charge is -2.33. The number of nitrogens with one attached hydrogen (secondary N) is 1. The summed E-state index contributed by atoms with van der Waals surface area (Å²) in [5, 5.41) is 11.9. The van der Waals surface area contributed by atoms with Gasteiger partial charge in [-0.05, 0) is 55.2 Å². The molecular formula is C22H26N4O2S. The van der Waals surface area contributed by atoms with E-state index in [9.17, 15) is 9.59 Å². The third-order valence-corrected chi connectivity index (χ3v) is 7.05. The van der Waals surface area contributed by atoms with Crippen LogP contribution >= 0.6 is 11.3 Å². The second-order valence-electron chi connectivity index (χ2n) is 8.86. The van der Waals surface area contributed by atoms with E-state index in [4.69, 9.17) is 0 Å². The third kappa shape index (κ3) is 3.71. The summed E-state index contributed by atoms with van der Waals surface area (Å²) in [7, 11) is 0. The van der Waals surface area contributed by atoms with Crippen LogP contribution in [0.4, 0.5) is 5.69 Å². The quantitative estimate of drug-likeness (QED) is 0.702. The van der Waals surface area contributed by atoms with E-state index in [0.717, 1.165) is 24.8 Å². The molecule has 3 aromatic rings. The number of hydrogen-bond acceptors (Lipinski definition) is 5. The Morgan fingerprint density at radius 1 is 1.28 bits per heavy atom. The monoisotopic (exact) mass is 410 g/mol. The highest BCUT2D eigenvalue weighted by molar-refractivity contribution is 7.18. The largest absolute Gasteiger partial charge is 0.324 e. The average Bonchev–Trinajstić information content (AvgIpc) is 3.06. The second kappa shape index (κ2) is 7.37. The summed E-state index contributed by atoms with van der Waals surface area (Å²) in [6.07, 6.45) is 2.92. The Balaban J connectivity index is 1.66. The summed E-state index contributed by atoms with van der Waals surface area (Å²) in [6, 6.07) is 8.45. The SMILES string of the molecule is CC(C(=O)Nc1ccccc1)n1nnc2sc3c(c2c1=O)CCC(C(C)(C)C)C3. The normalized spacial score (nSPS) is 17.7. The molecule has 2 atom stereocenters. The maximum Gasteiger partial charge on any atom is 0.279 e. The molecule has 0 saturated carbocycles. The van der Waals surface area contributed by atoms with E-state index in [1.54, 1.807) is 18.3 Å². The van der Waals surface area contributed by atoms with Crippen molar-refractivity contribution in [3.05, 3.63) is 51.1 Å². The molecule has 2 unspecified atom stereocenters. The Morgan fingerprint density at radius 2 is 2.00 bits per heavy atom. The Kier molecular flexibility index (Phi) is 5.02. The van der Waals surface area contributed by atoms with Crippen LogP contribution in [0.25, 0.3) is 10.2 Å². The van der Waals surface area contributed by atoms with Crippen LogP contribution in [0.3, 0.4) is 0 Å². The fourth-order valence-corrected chi connectivity index (χ4v) is 5.21. The van der Waals surface area contributed by atoms with E-state index >= 15 is 0 Å². The van der Waals surface area contributed by atoms with Crippen molar-refractivity contribution in [3.63, 3.8) is 0 Å². The molecule has 29 heavy (non-hydrogen) atoms. The predicted octanol–water partition coefficient (Wildman–Crippen LogP) is 4.20. The number of anilines is 1. The summed E-state index contributed by atoms with van der Waals surface area (Å²) in [4.78, 5) is 27.8. The van der Waals surface area contributed by atoms with Crippen LogP contribution in [0.2, 0.25) is 0 Å². The zero-order chi connectivity index (χ0) is 20.8. The van der Waals surface area contributed by atoms with Crippen molar-refractivity contribution >= 4 is 33.1 Å². The highest BCUT2D eigenvalue weighted by atomic mass is 32.1. The Bertz CT molecular complexity index is 1110. The van der Waals surface area contributed by atoms with Gasteiger partial charge in [0.1, 0.15) is 6.04 Å². The standard InChI is InChI=1S/C22H26N4O2S/c1-13(19(27)23-15-8-6-5-7-9-15)26-21(28)18-16-11-10-14(22(2,3)4)12-17(16)29-20(18)24-25-26/h5-9,13-14H,10-12H2,1-4H3,(H,23,27). The lowest BCUT2D eigenvalue weighted by atomic mass is 9.72. The van der Waals surface area contributed by atoms with Gasteiger partial charge >= 0.3 is 0 Å². The highest BCUT2D eigenvalue weighted by Crippen LogP contribution is 2.41. The van der Waals surface area contributed by atoms with Crippen molar-refractivity contribution in [3.8, 4) is 0 Å². The van der Waals surface area contributed by atoms with Gasteiger partial charge in [-0.25, -0.2) is 0 Å². The number of aromatic nitrogens is 3. The van der Waals surface area contributed by atoms with E-state index in [1.165, 1.54) is 9.56 Å². The van der Waals surface area contributed by atoms with Crippen LogP contribution in [0.1, 0.15) is 50.6 Å². The Hall–Kier alpha value is -2.54. The molecule has 1 aromatic carbocycles. The zero-order valence-electron chi connectivity index (χ0n) is 17.2. The van der Waals surface area contributed by atoms with Crippen molar-refractivity contribution in [2.24, 2.45) is 11.3 Å². The van der Waals surface area contributed by atoms with Crippen molar-refractivity contribution < 1.29 is 4.79 Å². The molecule has 6 nitrogen and oxygen atoms in total. The topological polar surface area (TPSA) is 76.9 Å². The van der Waals surface area contributed by atoms with Crippen molar-refractivity contribution in [1.82, 2.24) is 15.0 Å². The Labute approximate surface area is 173 Å². The molecule has 1 aliphatic carbocycles. The van der Waals surface area contributed by atoms with Crippen LogP contribution in [-0.4, -0.2) is 20.9 Å². The minimum atomic E-state index is -0.749. The van der Waals surface area contributed by atoms with E-state index in [1.807, 2.05) is 30.3 Å². The van der Waals surface area contributed by atoms with E-state index in [-0.39, 0.29) is 16.9 Å². The first-order valence-corrected chi connectivity index (χ1v) is 10.8. The fourth-order valence-electron chi connectivity index (χ4n) is 3.98. The van der Waals surface area contributed by atoms with Crippen molar-refractivity contribution in [2.45, 2.75) is 53.0 Å². The number of aryl methyl sites for hydroxylation is 1.